The second kappa shape index (κ2) is 9.29. The number of fused-ring (bicyclic) bond motifs is 3. The highest BCUT2D eigenvalue weighted by molar-refractivity contribution is 6.17. The minimum absolute atomic E-state index is 1.14. The SMILES string of the molecule is C=C/C=C\C=C(/C)n1c2ccccc2c2c(N(c3ccccc3)c3ccccc3)c(C)ccc21. The summed E-state index contributed by atoms with van der Waals surface area (Å²) in [5.74, 6) is 0. The number of benzene rings is 4. The zero-order valence-corrected chi connectivity index (χ0v) is 19.6. The molecule has 2 nitrogen and oxygen atoms in total. The maximum atomic E-state index is 3.79. The van der Waals surface area contributed by atoms with Crippen molar-refractivity contribution in [2.75, 3.05) is 4.90 Å². The second-order valence-corrected chi connectivity index (χ2v) is 8.41. The fraction of sp³-hybridized carbons (Fsp3) is 0.0625. The molecular weight excluding hydrogens is 412 g/mol. The molecule has 0 radical (unpaired) electrons. The highest BCUT2D eigenvalue weighted by atomic mass is 15.1. The van der Waals surface area contributed by atoms with Gasteiger partial charge in [-0.3, -0.25) is 0 Å². The third-order valence-corrected chi connectivity index (χ3v) is 6.20. The topological polar surface area (TPSA) is 8.17 Å². The Kier molecular flexibility index (Phi) is 5.88. The molecule has 4 aromatic carbocycles. The minimum atomic E-state index is 1.14. The minimum Gasteiger partial charge on any atom is -0.313 e. The van der Waals surface area contributed by atoms with Crippen LogP contribution in [0.5, 0.6) is 0 Å². The number of allylic oxidation sites excluding steroid dienone is 5. The molecule has 5 rings (SSSR count). The molecule has 1 aromatic heterocycles. The van der Waals surface area contributed by atoms with Gasteiger partial charge >= 0.3 is 0 Å². The fourth-order valence-electron chi connectivity index (χ4n) is 4.72. The fourth-order valence-corrected chi connectivity index (χ4v) is 4.72. The summed E-state index contributed by atoms with van der Waals surface area (Å²) in [5.41, 5.74) is 8.27. The van der Waals surface area contributed by atoms with E-state index in [0.717, 1.165) is 17.1 Å². The van der Waals surface area contributed by atoms with E-state index in [1.54, 1.807) is 6.08 Å². The first-order chi connectivity index (χ1) is 16.7. The molecule has 0 aliphatic heterocycles. The lowest BCUT2D eigenvalue weighted by molar-refractivity contribution is 1.20. The Hall–Kier alpha value is -4.30. The summed E-state index contributed by atoms with van der Waals surface area (Å²) in [4.78, 5) is 2.38. The van der Waals surface area contributed by atoms with Crippen molar-refractivity contribution in [2.45, 2.75) is 13.8 Å². The van der Waals surface area contributed by atoms with Crippen LogP contribution in [-0.4, -0.2) is 4.57 Å². The zero-order valence-electron chi connectivity index (χ0n) is 19.6. The highest BCUT2D eigenvalue weighted by Gasteiger charge is 2.22. The molecule has 0 amide bonds. The van der Waals surface area contributed by atoms with Crippen molar-refractivity contribution >= 4 is 44.6 Å². The van der Waals surface area contributed by atoms with Crippen molar-refractivity contribution in [2.24, 2.45) is 0 Å². The summed E-state index contributed by atoms with van der Waals surface area (Å²) < 4.78 is 2.36. The van der Waals surface area contributed by atoms with Crippen LogP contribution < -0.4 is 4.90 Å². The van der Waals surface area contributed by atoms with E-state index in [1.165, 1.54) is 33.1 Å². The molecular formula is C32H28N2. The van der Waals surface area contributed by atoms with Crippen LogP contribution in [0.4, 0.5) is 17.1 Å². The molecule has 0 unspecified atom stereocenters. The van der Waals surface area contributed by atoms with Gasteiger partial charge in [-0.2, -0.15) is 0 Å². The quantitative estimate of drug-likeness (QED) is 0.239. The van der Waals surface area contributed by atoms with E-state index < -0.39 is 0 Å². The maximum Gasteiger partial charge on any atom is 0.0591 e. The van der Waals surface area contributed by atoms with Crippen LogP contribution in [0.3, 0.4) is 0 Å². The van der Waals surface area contributed by atoms with Crippen molar-refractivity contribution in [1.29, 1.82) is 0 Å². The summed E-state index contributed by atoms with van der Waals surface area (Å²) in [6, 6.07) is 34.4. The lowest BCUT2D eigenvalue weighted by Gasteiger charge is -2.28. The lowest BCUT2D eigenvalue weighted by atomic mass is 10.0. The van der Waals surface area contributed by atoms with Crippen molar-refractivity contribution in [3.05, 3.63) is 134 Å². The van der Waals surface area contributed by atoms with Crippen molar-refractivity contribution in [1.82, 2.24) is 4.57 Å². The van der Waals surface area contributed by atoms with Gasteiger partial charge in [0, 0.05) is 27.8 Å². The normalized spacial score (nSPS) is 12.0. The van der Waals surface area contributed by atoms with Crippen molar-refractivity contribution < 1.29 is 0 Å². The van der Waals surface area contributed by atoms with Crippen LogP contribution in [-0.2, 0) is 0 Å². The van der Waals surface area contributed by atoms with Gasteiger partial charge in [0.2, 0.25) is 0 Å². The predicted octanol–water partition coefficient (Wildman–Crippen LogP) is 9.18. The summed E-state index contributed by atoms with van der Waals surface area (Å²) in [5, 5.41) is 2.50. The van der Waals surface area contributed by atoms with Crippen LogP contribution in [0.25, 0.3) is 27.5 Å². The van der Waals surface area contributed by atoms with E-state index in [2.05, 4.69) is 133 Å². The van der Waals surface area contributed by atoms with Crippen LogP contribution in [0.15, 0.2) is 128 Å². The molecule has 0 aliphatic rings. The number of aromatic nitrogens is 1. The van der Waals surface area contributed by atoms with E-state index in [-0.39, 0.29) is 0 Å². The van der Waals surface area contributed by atoms with Crippen molar-refractivity contribution in [3.63, 3.8) is 0 Å². The molecule has 0 N–H and O–H groups in total. The Balaban J connectivity index is 1.89. The van der Waals surface area contributed by atoms with Gasteiger partial charge in [-0.25, -0.2) is 0 Å². The Morgan fingerprint density at radius 3 is 2.00 bits per heavy atom. The van der Waals surface area contributed by atoms with Gasteiger partial charge in [0.1, 0.15) is 0 Å². The Morgan fingerprint density at radius 2 is 1.35 bits per heavy atom. The first kappa shape index (κ1) is 21.5. The number of hydrogen-bond acceptors (Lipinski definition) is 1. The largest absolute Gasteiger partial charge is 0.313 e. The number of aryl methyl sites for hydroxylation is 1. The molecule has 0 saturated heterocycles. The number of nitrogens with zero attached hydrogens (tertiary/aromatic N) is 2. The average molecular weight is 441 g/mol. The van der Waals surface area contributed by atoms with Crippen LogP contribution >= 0.6 is 0 Å². The summed E-state index contributed by atoms with van der Waals surface area (Å²) in [6.07, 6.45) is 7.94. The number of anilines is 3. The molecule has 0 saturated carbocycles. The zero-order chi connectivity index (χ0) is 23.5. The average Bonchev–Trinajstić information content (AvgIpc) is 3.21. The molecule has 34 heavy (non-hydrogen) atoms. The first-order valence-corrected chi connectivity index (χ1v) is 11.6. The van der Waals surface area contributed by atoms with Crippen LogP contribution in [0, 0.1) is 6.92 Å². The predicted molar refractivity (Wildman–Crippen MR) is 148 cm³/mol. The van der Waals surface area contributed by atoms with Gasteiger partial charge in [0.25, 0.3) is 0 Å². The molecule has 0 fully saturated rings. The number of rotatable bonds is 6. The Bertz CT molecular complexity index is 1480. The smallest absolute Gasteiger partial charge is 0.0591 e. The highest BCUT2D eigenvalue weighted by Crippen LogP contribution is 2.45. The van der Waals surface area contributed by atoms with E-state index in [4.69, 9.17) is 0 Å². The number of hydrogen-bond donors (Lipinski definition) is 0. The molecule has 0 atom stereocenters. The first-order valence-electron chi connectivity index (χ1n) is 11.6. The maximum absolute atomic E-state index is 3.79. The Morgan fingerprint density at radius 1 is 0.735 bits per heavy atom. The van der Waals surface area contributed by atoms with Crippen molar-refractivity contribution in [3.8, 4) is 0 Å². The molecule has 0 aliphatic carbocycles. The second-order valence-electron chi connectivity index (χ2n) is 8.41. The molecule has 166 valence electrons. The molecule has 1 heterocycles. The molecule has 0 bridgehead atoms. The van der Waals surface area contributed by atoms with E-state index in [0.29, 0.717) is 0 Å². The lowest BCUT2D eigenvalue weighted by Crippen LogP contribution is -2.11. The third-order valence-electron chi connectivity index (χ3n) is 6.20. The van der Waals surface area contributed by atoms with E-state index >= 15 is 0 Å². The monoisotopic (exact) mass is 440 g/mol. The van der Waals surface area contributed by atoms with Crippen LogP contribution in [0.2, 0.25) is 0 Å². The summed E-state index contributed by atoms with van der Waals surface area (Å²) >= 11 is 0. The summed E-state index contributed by atoms with van der Waals surface area (Å²) in [7, 11) is 0. The van der Waals surface area contributed by atoms with Gasteiger partial charge in [-0.05, 0) is 61.9 Å². The number of para-hydroxylation sites is 3. The van der Waals surface area contributed by atoms with E-state index in [1.807, 2.05) is 12.2 Å². The third kappa shape index (κ3) is 3.74. The van der Waals surface area contributed by atoms with Crippen LogP contribution in [0.1, 0.15) is 12.5 Å². The van der Waals surface area contributed by atoms with Gasteiger partial charge in [-0.15, -0.1) is 0 Å². The molecule has 2 heteroatoms. The summed E-state index contributed by atoms with van der Waals surface area (Å²) in [6.45, 7) is 8.15. The Labute approximate surface area is 201 Å². The van der Waals surface area contributed by atoms with Gasteiger partial charge in [0.05, 0.1) is 16.7 Å². The molecule has 5 aromatic rings. The molecule has 0 spiro atoms. The van der Waals surface area contributed by atoms with Gasteiger partial charge in [0.15, 0.2) is 0 Å². The van der Waals surface area contributed by atoms with Gasteiger partial charge in [-0.1, -0.05) is 85.5 Å². The van der Waals surface area contributed by atoms with E-state index in [9.17, 15) is 0 Å². The van der Waals surface area contributed by atoms with Gasteiger partial charge < -0.3 is 9.47 Å². The standard InChI is InChI=1S/C32H28N2/c1-4-5-8-15-25(3)33-29-21-14-13-20-28(29)31-30(33)23-22-24(2)32(31)34(26-16-9-6-10-17-26)27-18-11-7-12-19-27/h4-23H,1H2,2-3H3/b8-5-,25-15+.